The zero-order valence-electron chi connectivity index (χ0n) is 17.3. The molecule has 0 saturated heterocycles. The standard InChI is InChI=1S/C23H23F3N2O4/c1-4-10-27-22-14(3)18(15-6-8-17(9-7-15)32-23(24,25)26)11-16(12-28-20(31)5-2)21(22)19(30)13-29/h4-11,19,29-30H,1-2,12-13H2,3H3,(H,28,31)/b27-10-/t19-/m0/s1. The Morgan fingerprint density at radius 1 is 1.28 bits per heavy atom. The second-order valence-electron chi connectivity index (χ2n) is 6.68. The van der Waals surface area contributed by atoms with Crippen molar-refractivity contribution >= 4 is 17.8 Å². The first-order valence-corrected chi connectivity index (χ1v) is 9.48. The summed E-state index contributed by atoms with van der Waals surface area (Å²) in [5.41, 5.74) is 2.91. The molecule has 2 rings (SSSR count). The van der Waals surface area contributed by atoms with Gasteiger partial charge in [-0.05, 0) is 53.5 Å². The molecular weight excluding hydrogens is 425 g/mol. The number of rotatable bonds is 9. The fourth-order valence-corrected chi connectivity index (χ4v) is 3.14. The van der Waals surface area contributed by atoms with Crippen molar-refractivity contribution in [2.24, 2.45) is 4.99 Å². The zero-order chi connectivity index (χ0) is 23.9. The summed E-state index contributed by atoms with van der Waals surface area (Å²) < 4.78 is 41.3. The molecule has 1 atom stereocenters. The number of aliphatic imine (C=N–C) groups is 1. The number of nitrogens with one attached hydrogen (secondary N) is 1. The highest BCUT2D eigenvalue weighted by Gasteiger charge is 2.31. The van der Waals surface area contributed by atoms with E-state index in [1.807, 2.05) is 0 Å². The number of halogens is 3. The molecule has 1 amide bonds. The topological polar surface area (TPSA) is 91.2 Å². The summed E-state index contributed by atoms with van der Waals surface area (Å²) in [6.45, 7) is 8.11. The van der Waals surface area contributed by atoms with Gasteiger partial charge in [-0.3, -0.25) is 9.79 Å². The molecule has 0 aliphatic heterocycles. The van der Waals surface area contributed by atoms with Crippen LogP contribution in [0.3, 0.4) is 0 Å². The number of alkyl halides is 3. The van der Waals surface area contributed by atoms with Crippen molar-refractivity contribution in [1.82, 2.24) is 5.32 Å². The van der Waals surface area contributed by atoms with Crippen molar-refractivity contribution in [3.8, 4) is 16.9 Å². The number of hydrogen-bond acceptors (Lipinski definition) is 5. The Kier molecular flexibility index (Phi) is 8.34. The number of nitrogens with zero attached hydrogens (tertiary/aromatic N) is 1. The second kappa shape index (κ2) is 10.7. The minimum atomic E-state index is -4.80. The van der Waals surface area contributed by atoms with Gasteiger partial charge in [0.25, 0.3) is 0 Å². The molecule has 0 aliphatic carbocycles. The monoisotopic (exact) mass is 448 g/mol. The van der Waals surface area contributed by atoms with Crippen LogP contribution in [0.15, 0.2) is 60.6 Å². The summed E-state index contributed by atoms with van der Waals surface area (Å²) in [6, 6.07) is 6.96. The second-order valence-corrected chi connectivity index (χ2v) is 6.68. The number of hydrogen-bond donors (Lipinski definition) is 3. The Bertz CT molecular complexity index is 1020. The van der Waals surface area contributed by atoms with E-state index in [1.165, 1.54) is 36.6 Å². The van der Waals surface area contributed by atoms with Gasteiger partial charge in [-0.15, -0.1) is 13.2 Å². The number of benzene rings is 2. The van der Waals surface area contributed by atoms with Gasteiger partial charge in [0.2, 0.25) is 5.91 Å². The predicted octanol–water partition coefficient (Wildman–Crippen LogP) is 4.28. The van der Waals surface area contributed by atoms with E-state index in [4.69, 9.17) is 0 Å². The molecule has 0 aliphatic rings. The predicted molar refractivity (Wildman–Crippen MR) is 116 cm³/mol. The van der Waals surface area contributed by atoms with Gasteiger partial charge >= 0.3 is 6.36 Å². The zero-order valence-corrected chi connectivity index (χ0v) is 17.3. The van der Waals surface area contributed by atoms with E-state index in [0.717, 1.165) is 6.08 Å². The lowest BCUT2D eigenvalue weighted by atomic mass is 9.90. The lowest BCUT2D eigenvalue weighted by Crippen LogP contribution is -2.22. The van der Waals surface area contributed by atoms with Gasteiger partial charge in [0.05, 0.1) is 12.3 Å². The number of ether oxygens (including phenoxy) is 1. The van der Waals surface area contributed by atoms with Gasteiger partial charge in [-0.1, -0.05) is 31.4 Å². The highest BCUT2D eigenvalue weighted by atomic mass is 19.4. The lowest BCUT2D eigenvalue weighted by Gasteiger charge is -2.21. The highest BCUT2D eigenvalue weighted by molar-refractivity contribution is 5.87. The molecule has 0 bridgehead atoms. The average Bonchev–Trinajstić information content (AvgIpc) is 2.75. The van der Waals surface area contributed by atoms with Crippen LogP contribution in [-0.2, 0) is 11.3 Å². The van der Waals surface area contributed by atoms with Crippen LogP contribution in [0.5, 0.6) is 5.75 Å². The Hall–Kier alpha value is -3.43. The molecule has 6 nitrogen and oxygen atoms in total. The fourth-order valence-electron chi connectivity index (χ4n) is 3.14. The molecule has 0 radical (unpaired) electrons. The number of amides is 1. The summed E-state index contributed by atoms with van der Waals surface area (Å²) in [5, 5.41) is 22.6. The quantitative estimate of drug-likeness (QED) is 0.395. The first-order valence-electron chi connectivity index (χ1n) is 9.48. The molecule has 3 N–H and O–H groups in total. The van der Waals surface area contributed by atoms with E-state index < -0.39 is 25.0 Å². The molecule has 170 valence electrons. The van der Waals surface area contributed by atoms with Crippen LogP contribution in [0.1, 0.15) is 22.8 Å². The van der Waals surface area contributed by atoms with Crippen molar-refractivity contribution < 1.29 is 32.9 Å². The molecule has 2 aromatic rings. The summed E-state index contributed by atoms with van der Waals surface area (Å²) in [6.07, 6.45) is -2.15. The molecule has 0 spiro atoms. The van der Waals surface area contributed by atoms with Gasteiger partial charge < -0.3 is 20.3 Å². The molecule has 0 saturated carbocycles. The fraction of sp³-hybridized carbons (Fsp3) is 0.217. The van der Waals surface area contributed by atoms with Crippen LogP contribution in [0.2, 0.25) is 0 Å². The molecule has 9 heteroatoms. The van der Waals surface area contributed by atoms with Crippen molar-refractivity contribution in [3.05, 3.63) is 72.3 Å². The van der Waals surface area contributed by atoms with E-state index in [0.29, 0.717) is 33.5 Å². The van der Waals surface area contributed by atoms with Crippen molar-refractivity contribution in [3.63, 3.8) is 0 Å². The van der Waals surface area contributed by atoms with Gasteiger partial charge in [-0.2, -0.15) is 0 Å². The third kappa shape index (κ3) is 6.29. The van der Waals surface area contributed by atoms with Crippen LogP contribution in [-0.4, -0.2) is 35.3 Å². The van der Waals surface area contributed by atoms with E-state index in [-0.39, 0.29) is 12.3 Å². The largest absolute Gasteiger partial charge is 0.573 e. The average molecular weight is 448 g/mol. The molecule has 0 aromatic heterocycles. The smallest absolute Gasteiger partial charge is 0.406 e. The Morgan fingerprint density at radius 2 is 1.94 bits per heavy atom. The number of carbonyl (C=O) groups excluding carboxylic acids is 1. The molecule has 0 unspecified atom stereocenters. The van der Waals surface area contributed by atoms with Gasteiger partial charge in [0, 0.05) is 18.3 Å². The molecule has 2 aromatic carbocycles. The number of allylic oxidation sites excluding steroid dienone is 1. The van der Waals surface area contributed by atoms with Crippen LogP contribution in [0.4, 0.5) is 18.9 Å². The van der Waals surface area contributed by atoms with Crippen LogP contribution in [0, 0.1) is 6.92 Å². The first kappa shape index (κ1) is 24.8. The van der Waals surface area contributed by atoms with Crippen molar-refractivity contribution in [1.29, 1.82) is 0 Å². The number of aliphatic hydroxyl groups is 2. The molecular formula is C23H23F3N2O4. The number of carbonyl (C=O) groups is 1. The Morgan fingerprint density at radius 3 is 2.47 bits per heavy atom. The van der Waals surface area contributed by atoms with Crippen LogP contribution < -0.4 is 10.1 Å². The van der Waals surface area contributed by atoms with Crippen LogP contribution >= 0.6 is 0 Å². The highest BCUT2D eigenvalue weighted by Crippen LogP contribution is 2.39. The van der Waals surface area contributed by atoms with E-state index in [1.54, 1.807) is 13.0 Å². The van der Waals surface area contributed by atoms with E-state index in [2.05, 4.69) is 28.2 Å². The van der Waals surface area contributed by atoms with Gasteiger partial charge in [0.1, 0.15) is 11.9 Å². The van der Waals surface area contributed by atoms with E-state index in [9.17, 15) is 28.2 Å². The minimum Gasteiger partial charge on any atom is -0.406 e. The maximum atomic E-state index is 12.5. The third-order valence-electron chi connectivity index (χ3n) is 4.53. The molecule has 0 fully saturated rings. The Labute approximate surface area is 183 Å². The normalized spacial score (nSPS) is 12.4. The number of aliphatic hydroxyl groups excluding tert-OH is 2. The lowest BCUT2D eigenvalue weighted by molar-refractivity contribution is -0.274. The summed E-state index contributed by atoms with van der Waals surface area (Å²) in [4.78, 5) is 16.0. The van der Waals surface area contributed by atoms with Crippen molar-refractivity contribution in [2.45, 2.75) is 25.9 Å². The van der Waals surface area contributed by atoms with Crippen LogP contribution in [0.25, 0.3) is 11.1 Å². The summed E-state index contributed by atoms with van der Waals surface area (Å²) in [5.74, 6) is -0.809. The first-order chi connectivity index (χ1) is 15.1. The van der Waals surface area contributed by atoms with E-state index >= 15 is 0 Å². The maximum Gasteiger partial charge on any atom is 0.573 e. The SMILES string of the molecule is C=C/C=N\c1c(C)c(-c2ccc(OC(F)(F)F)cc2)cc(CNC(=O)C=C)c1[C@@H](O)CO. The van der Waals surface area contributed by atoms with Gasteiger partial charge in [-0.25, -0.2) is 0 Å². The van der Waals surface area contributed by atoms with Gasteiger partial charge in [0.15, 0.2) is 0 Å². The summed E-state index contributed by atoms with van der Waals surface area (Å²) >= 11 is 0. The molecule has 32 heavy (non-hydrogen) atoms. The van der Waals surface area contributed by atoms with Crippen molar-refractivity contribution in [2.75, 3.05) is 6.61 Å². The minimum absolute atomic E-state index is 0.00357. The Balaban J connectivity index is 2.66. The maximum absolute atomic E-state index is 12.5. The molecule has 0 heterocycles. The third-order valence-corrected chi connectivity index (χ3v) is 4.53. The summed E-state index contributed by atoms with van der Waals surface area (Å²) in [7, 11) is 0.